The Kier molecular flexibility index (Phi) is 6.61. The van der Waals surface area contributed by atoms with Crippen LogP contribution in [-0.2, 0) is 16.1 Å². The third kappa shape index (κ3) is 5.37. The van der Waals surface area contributed by atoms with Gasteiger partial charge in [0.25, 0.3) is 0 Å². The largest absolute Gasteiger partial charge is 0.328 e. The normalized spacial score (nSPS) is 10.2. The Bertz CT molecular complexity index is 768. The Morgan fingerprint density at radius 2 is 1.76 bits per heavy atom. The second-order valence-electron chi connectivity index (χ2n) is 5.68. The minimum atomic E-state index is -0.676. The number of amides is 2. The van der Waals surface area contributed by atoms with E-state index < -0.39 is 11.8 Å². The van der Waals surface area contributed by atoms with Gasteiger partial charge in [-0.25, -0.2) is 0 Å². The number of thioether (sulfide) groups is 1. The molecule has 25 heavy (non-hydrogen) atoms. The van der Waals surface area contributed by atoms with Crippen molar-refractivity contribution in [3.8, 4) is 5.40 Å². The van der Waals surface area contributed by atoms with Gasteiger partial charge in [0, 0.05) is 23.2 Å². The highest BCUT2D eigenvalue weighted by molar-refractivity contribution is 8.03. The Hall–Kier alpha value is -2.78. The van der Waals surface area contributed by atoms with E-state index in [1.165, 1.54) is 4.90 Å². The molecule has 2 rings (SSSR count). The number of rotatable bonds is 5. The van der Waals surface area contributed by atoms with Crippen LogP contribution in [0.25, 0.3) is 0 Å². The molecule has 2 aromatic carbocycles. The van der Waals surface area contributed by atoms with Crippen LogP contribution in [0.5, 0.6) is 0 Å². The van der Waals surface area contributed by atoms with E-state index in [0.29, 0.717) is 12.2 Å². The molecular formula is C19H19N3O2S. The monoisotopic (exact) mass is 353 g/mol. The second kappa shape index (κ2) is 8.90. The predicted octanol–water partition coefficient (Wildman–Crippen LogP) is 3.64. The molecule has 0 bridgehead atoms. The quantitative estimate of drug-likeness (QED) is 0.506. The van der Waals surface area contributed by atoms with E-state index in [1.807, 2.05) is 49.6 Å². The first-order valence-corrected chi connectivity index (χ1v) is 8.64. The second-order valence-corrected chi connectivity index (χ2v) is 6.54. The van der Waals surface area contributed by atoms with Crippen molar-refractivity contribution in [3.63, 3.8) is 0 Å². The molecule has 0 aliphatic heterocycles. The summed E-state index contributed by atoms with van der Waals surface area (Å²) in [6, 6.07) is 16.2. The van der Waals surface area contributed by atoms with Crippen LogP contribution in [0.3, 0.4) is 0 Å². The summed E-state index contributed by atoms with van der Waals surface area (Å²) >= 11 is 1.04. The van der Waals surface area contributed by atoms with E-state index in [9.17, 15) is 9.59 Å². The van der Waals surface area contributed by atoms with Crippen molar-refractivity contribution in [2.45, 2.75) is 31.3 Å². The van der Waals surface area contributed by atoms with Gasteiger partial charge >= 0.3 is 11.8 Å². The molecule has 0 heterocycles. The fraction of sp³-hybridized carbons (Fsp3) is 0.211. The summed E-state index contributed by atoms with van der Waals surface area (Å²) in [4.78, 5) is 27.1. The van der Waals surface area contributed by atoms with Crippen molar-refractivity contribution in [3.05, 3.63) is 60.2 Å². The van der Waals surface area contributed by atoms with Crippen LogP contribution in [0.2, 0.25) is 0 Å². The smallest absolute Gasteiger partial charge is 0.313 e. The van der Waals surface area contributed by atoms with Crippen LogP contribution in [0.1, 0.15) is 19.4 Å². The zero-order valence-electron chi connectivity index (χ0n) is 14.1. The maximum absolute atomic E-state index is 12.5. The van der Waals surface area contributed by atoms with Gasteiger partial charge in [0.2, 0.25) is 0 Å². The van der Waals surface area contributed by atoms with E-state index in [-0.39, 0.29) is 6.04 Å². The lowest BCUT2D eigenvalue weighted by Gasteiger charge is -2.26. The highest BCUT2D eigenvalue weighted by atomic mass is 32.2. The van der Waals surface area contributed by atoms with Crippen LogP contribution in [0.15, 0.2) is 59.5 Å². The van der Waals surface area contributed by atoms with Gasteiger partial charge in [0.1, 0.15) is 5.40 Å². The number of nitriles is 1. The topological polar surface area (TPSA) is 73.2 Å². The fourth-order valence-corrected chi connectivity index (χ4v) is 2.62. The number of thiocyanates is 1. The molecule has 0 radical (unpaired) electrons. The number of hydrogen-bond acceptors (Lipinski definition) is 4. The van der Waals surface area contributed by atoms with Gasteiger partial charge in [0.15, 0.2) is 0 Å². The Morgan fingerprint density at radius 1 is 1.12 bits per heavy atom. The lowest BCUT2D eigenvalue weighted by Crippen LogP contribution is -2.43. The van der Waals surface area contributed by atoms with Crippen LogP contribution in [0.4, 0.5) is 5.69 Å². The number of benzene rings is 2. The summed E-state index contributed by atoms with van der Waals surface area (Å²) in [6.45, 7) is 4.13. The van der Waals surface area contributed by atoms with E-state index in [0.717, 1.165) is 22.2 Å². The molecule has 2 amide bonds. The highest BCUT2D eigenvalue weighted by Gasteiger charge is 2.24. The molecule has 1 N–H and O–H groups in total. The average molecular weight is 353 g/mol. The van der Waals surface area contributed by atoms with Crippen molar-refractivity contribution in [2.75, 3.05) is 5.32 Å². The van der Waals surface area contributed by atoms with Crippen molar-refractivity contribution < 1.29 is 9.59 Å². The van der Waals surface area contributed by atoms with Crippen LogP contribution in [0, 0.1) is 10.7 Å². The van der Waals surface area contributed by atoms with Crippen molar-refractivity contribution in [1.29, 1.82) is 5.26 Å². The van der Waals surface area contributed by atoms with Gasteiger partial charge in [-0.3, -0.25) is 9.59 Å². The van der Waals surface area contributed by atoms with Gasteiger partial charge in [-0.15, -0.1) is 0 Å². The maximum Gasteiger partial charge on any atom is 0.313 e. The average Bonchev–Trinajstić information content (AvgIpc) is 2.61. The first-order chi connectivity index (χ1) is 12.0. The molecule has 0 aliphatic rings. The predicted molar refractivity (Wildman–Crippen MR) is 98.7 cm³/mol. The summed E-state index contributed by atoms with van der Waals surface area (Å²) in [5, 5.41) is 13.2. The Morgan fingerprint density at radius 3 is 2.32 bits per heavy atom. The fourth-order valence-electron chi connectivity index (χ4n) is 2.24. The molecule has 0 aromatic heterocycles. The molecule has 2 aromatic rings. The van der Waals surface area contributed by atoms with E-state index in [4.69, 9.17) is 5.26 Å². The lowest BCUT2D eigenvalue weighted by molar-refractivity contribution is -0.144. The zero-order chi connectivity index (χ0) is 18.2. The standard InChI is InChI=1S/C19H19N3O2S/c1-14(2)22(12-15-6-4-3-5-7-15)19(24)18(23)21-16-8-10-17(11-9-16)25-13-20/h3-11,14H,12H2,1-2H3,(H,21,23). The molecule has 6 heteroatoms. The minimum Gasteiger partial charge on any atom is -0.328 e. The molecule has 0 unspecified atom stereocenters. The van der Waals surface area contributed by atoms with Crippen LogP contribution < -0.4 is 5.32 Å². The maximum atomic E-state index is 12.5. The molecule has 0 aliphatic carbocycles. The molecule has 0 fully saturated rings. The third-order valence-corrected chi connectivity index (χ3v) is 4.15. The number of nitrogens with zero attached hydrogens (tertiary/aromatic N) is 2. The SMILES string of the molecule is CC(C)N(Cc1ccccc1)C(=O)C(=O)Nc1ccc(SC#N)cc1. The molecule has 5 nitrogen and oxygen atoms in total. The highest BCUT2D eigenvalue weighted by Crippen LogP contribution is 2.19. The van der Waals surface area contributed by atoms with Crippen molar-refractivity contribution >= 4 is 29.3 Å². The minimum absolute atomic E-state index is 0.104. The summed E-state index contributed by atoms with van der Waals surface area (Å²) in [6.07, 6.45) is 0. The molecule has 0 spiro atoms. The summed E-state index contributed by atoms with van der Waals surface area (Å²) in [5.74, 6) is -1.25. The first-order valence-electron chi connectivity index (χ1n) is 7.83. The number of carbonyl (C=O) groups is 2. The van der Waals surface area contributed by atoms with Crippen molar-refractivity contribution in [1.82, 2.24) is 4.90 Å². The number of anilines is 1. The Labute approximate surface area is 151 Å². The molecule has 0 atom stereocenters. The zero-order valence-corrected chi connectivity index (χ0v) is 14.9. The van der Waals surface area contributed by atoms with Gasteiger partial charge in [-0.2, -0.15) is 5.26 Å². The van der Waals surface area contributed by atoms with E-state index in [1.54, 1.807) is 24.3 Å². The summed E-state index contributed by atoms with van der Waals surface area (Å²) < 4.78 is 0. The van der Waals surface area contributed by atoms with Gasteiger partial charge in [0.05, 0.1) is 0 Å². The molecule has 0 saturated carbocycles. The lowest BCUT2D eigenvalue weighted by atomic mass is 10.2. The van der Waals surface area contributed by atoms with Crippen LogP contribution >= 0.6 is 11.8 Å². The summed E-state index contributed by atoms with van der Waals surface area (Å²) in [5.41, 5.74) is 1.49. The third-order valence-electron chi connectivity index (χ3n) is 3.55. The van der Waals surface area contributed by atoms with E-state index >= 15 is 0 Å². The van der Waals surface area contributed by atoms with E-state index in [2.05, 4.69) is 5.32 Å². The first kappa shape index (κ1) is 18.6. The number of hydrogen-bond donors (Lipinski definition) is 1. The van der Waals surface area contributed by atoms with Gasteiger partial charge in [-0.05, 0) is 55.4 Å². The number of carbonyl (C=O) groups excluding carboxylic acids is 2. The Balaban J connectivity index is 2.05. The molecule has 0 saturated heterocycles. The van der Waals surface area contributed by atoms with Crippen LogP contribution in [-0.4, -0.2) is 22.8 Å². The van der Waals surface area contributed by atoms with Gasteiger partial charge < -0.3 is 10.2 Å². The van der Waals surface area contributed by atoms with Gasteiger partial charge in [-0.1, -0.05) is 30.3 Å². The van der Waals surface area contributed by atoms with Crippen molar-refractivity contribution in [2.24, 2.45) is 0 Å². The molecular weight excluding hydrogens is 334 g/mol. The number of nitrogens with one attached hydrogen (secondary N) is 1. The summed E-state index contributed by atoms with van der Waals surface area (Å²) in [7, 11) is 0. The molecule has 128 valence electrons.